The quantitative estimate of drug-likeness (QED) is 0.561. The summed E-state index contributed by atoms with van der Waals surface area (Å²) in [7, 11) is 0. The number of fused-ring (bicyclic) bond motifs is 2. The maximum atomic E-state index is 12.3. The van der Waals surface area contributed by atoms with Gasteiger partial charge in [0.2, 0.25) is 0 Å². The van der Waals surface area contributed by atoms with E-state index in [1.54, 1.807) is 17.0 Å². The van der Waals surface area contributed by atoms with Crippen LogP contribution in [0.4, 0.5) is 0 Å². The second kappa shape index (κ2) is 4.21. The van der Waals surface area contributed by atoms with Crippen LogP contribution in [0.1, 0.15) is 0 Å². The summed E-state index contributed by atoms with van der Waals surface area (Å²) in [6, 6.07) is 14.1. The highest BCUT2D eigenvalue weighted by Crippen LogP contribution is 2.25. The SMILES string of the molecule is O=c1cc(O)c2ccccc2n1-c1ccc2nc[nH]c2c1. The molecule has 0 unspecified atom stereocenters. The van der Waals surface area contributed by atoms with Crippen LogP contribution in [0.25, 0.3) is 27.6 Å². The molecule has 5 heteroatoms. The minimum atomic E-state index is -0.273. The highest BCUT2D eigenvalue weighted by atomic mass is 16.3. The summed E-state index contributed by atoms with van der Waals surface area (Å²) in [4.78, 5) is 19.5. The average Bonchev–Trinajstić information content (AvgIpc) is 2.95. The Hall–Kier alpha value is -3.08. The normalized spacial score (nSPS) is 11.2. The summed E-state index contributed by atoms with van der Waals surface area (Å²) >= 11 is 0. The van der Waals surface area contributed by atoms with E-state index in [1.807, 2.05) is 36.4 Å². The first-order valence-electron chi connectivity index (χ1n) is 6.51. The number of aromatic hydroxyl groups is 1. The molecule has 4 aromatic rings. The van der Waals surface area contributed by atoms with E-state index in [9.17, 15) is 9.90 Å². The van der Waals surface area contributed by atoms with Crippen molar-refractivity contribution in [2.45, 2.75) is 0 Å². The number of para-hydroxylation sites is 1. The van der Waals surface area contributed by atoms with E-state index in [1.165, 1.54) is 6.07 Å². The van der Waals surface area contributed by atoms with Crippen LogP contribution in [0.5, 0.6) is 5.75 Å². The number of hydrogen-bond donors (Lipinski definition) is 2. The van der Waals surface area contributed by atoms with Crippen molar-refractivity contribution in [2.24, 2.45) is 0 Å². The summed E-state index contributed by atoms with van der Waals surface area (Å²) in [6.07, 6.45) is 1.62. The number of H-pyrrole nitrogens is 1. The zero-order valence-corrected chi connectivity index (χ0v) is 10.9. The number of nitrogens with zero attached hydrogens (tertiary/aromatic N) is 2. The summed E-state index contributed by atoms with van der Waals surface area (Å²) in [5.41, 5.74) is 2.82. The minimum absolute atomic E-state index is 0.00512. The van der Waals surface area contributed by atoms with Gasteiger partial charge in [-0.2, -0.15) is 0 Å². The molecule has 0 fully saturated rings. The summed E-state index contributed by atoms with van der Waals surface area (Å²) in [5.74, 6) is -0.00512. The number of benzene rings is 2. The van der Waals surface area contributed by atoms with Crippen LogP contribution in [0.2, 0.25) is 0 Å². The Morgan fingerprint density at radius 2 is 1.95 bits per heavy atom. The Morgan fingerprint density at radius 1 is 1.10 bits per heavy atom. The molecule has 0 bridgehead atoms. The van der Waals surface area contributed by atoms with E-state index >= 15 is 0 Å². The van der Waals surface area contributed by atoms with Gasteiger partial charge in [0.25, 0.3) is 5.56 Å². The first-order chi connectivity index (χ1) is 10.2. The van der Waals surface area contributed by atoms with Crippen LogP contribution in [-0.2, 0) is 0 Å². The first-order valence-corrected chi connectivity index (χ1v) is 6.51. The van der Waals surface area contributed by atoms with E-state index in [-0.39, 0.29) is 11.3 Å². The molecule has 2 aromatic heterocycles. The average molecular weight is 277 g/mol. The van der Waals surface area contributed by atoms with Gasteiger partial charge >= 0.3 is 0 Å². The minimum Gasteiger partial charge on any atom is -0.507 e. The molecule has 0 aliphatic carbocycles. The van der Waals surface area contributed by atoms with Crippen molar-refractivity contribution in [1.82, 2.24) is 14.5 Å². The van der Waals surface area contributed by atoms with Crippen molar-refractivity contribution in [3.05, 3.63) is 65.2 Å². The van der Waals surface area contributed by atoms with Gasteiger partial charge in [0.1, 0.15) is 5.75 Å². The van der Waals surface area contributed by atoms with Crippen LogP contribution in [0, 0.1) is 0 Å². The lowest BCUT2D eigenvalue weighted by molar-refractivity contribution is 0.480. The number of rotatable bonds is 1. The lowest BCUT2D eigenvalue weighted by atomic mass is 10.2. The zero-order valence-electron chi connectivity index (χ0n) is 10.9. The number of aromatic nitrogens is 3. The Bertz CT molecular complexity index is 1030. The molecule has 0 aliphatic heterocycles. The van der Waals surface area contributed by atoms with Crippen molar-refractivity contribution in [3.63, 3.8) is 0 Å². The van der Waals surface area contributed by atoms with Crippen molar-refractivity contribution < 1.29 is 5.11 Å². The maximum absolute atomic E-state index is 12.3. The molecular weight excluding hydrogens is 266 g/mol. The molecule has 102 valence electrons. The number of pyridine rings is 1. The smallest absolute Gasteiger partial charge is 0.259 e. The van der Waals surface area contributed by atoms with Gasteiger partial charge in [0.05, 0.1) is 28.6 Å². The predicted molar refractivity (Wildman–Crippen MR) is 80.9 cm³/mol. The molecule has 2 heterocycles. The van der Waals surface area contributed by atoms with Crippen molar-refractivity contribution in [1.29, 1.82) is 0 Å². The number of imidazole rings is 1. The van der Waals surface area contributed by atoms with E-state index < -0.39 is 0 Å². The van der Waals surface area contributed by atoms with Gasteiger partial charge in [0.15, 0.2) is 0 Å². The van der Waals surface area contributed by atoms with Crippen LogP contribution < -0.4 is 5.56 Å². The Balaban J connectivity index is 2.12. The third-order valence-corrected chi connectivity index (χ3v) is 3.56. The number of hydrogen-bond acceptors (Lipinski definition) is 3. The van der Waals surface area contributed by atoms with Crippen molar-refractivity contribution >= 4 is 21.9 Å². The zero-order chi connectivity index (χ0) is 14.4. The van der Waals surface area contributed by atoms with E-state index in [4.69, 9.17) is 0 Å². The van der Waals surface area contributed by atoms with Gasteiger partial charge in [0, 0.05) is 11.5 Å². The summed E-state index contributed by atoms with van der Waals surface area (Å²) < 4.78 is 1.58. The van der Waals surface area contributed by atoms with E-state index in [0.29, 0.717) is 10.9 Å². The standard InChI is InChI=1S/C16H11N3O2/c20-15-8-16(21)19(14-4-2-1-3-11(14)15)10-5-6-12-13(7-10)18-9-17-12/h1-9,20H,(H,17,18). The Labute approximate surface area is 119 Å². The molecule has 0 atom stereocenters. The topological polar surface area (TPSA) is 70.9 Å². The third-order valence-electron chi connectivity index (χ3n) is 3.56. The Morgan fingerprint density at radius 3 is 2.86 bits per heavy atom. The van der Waals surface area contributed by atoms with Crippen LogP contribution in [0.15, 0.2) is 59.7 Å². The van der Waals surface area contributed by atoms with Crippen LogP contribution >= 0.6 is 0 Å². The van der Waals surface area contributed by atoms with Crippen LogP contribution in [-0.4, -0.2) is 19.6 Å². The van der Waals surface area contributed by atoms with Crippen molar-refractivity contribution in [2.75, 3.05) is 0 Å². The number of nitrogens with one attached hydrogen (secondary N) is 1. The molecule has 2 aromatic carbocycles. The fraction of sp³-hybridized carbons (Fsp3) is 0. The van der Waals surface area contributed by atoms with Crippen molar-refractivity contribution in [3.8, 4) is 11.4 Å². The lowest BCUT2D eigenvalue weighted by Gasteiger charge is -2.11. The molecule has 21 heavy (non-hydrogen) atoms. The fourth-order valence-corrected chi connectivity index (χ4v) is 2.59. The van der Waals surface area contributed by atoms with Gasteiger partial charge < -0.3 is 10.1 Å². The predicted octanol–water partition coefficient (Wildman–Crippen LogP) is 2.57. The molecule has 4 rings (SSSR count). The van der Waals surface area contributed by atoms with Gasteiger partial charge in [-0.25, -0.2) is 4.98 Å². The first kappa shape index (κ1) is 11.7. The Kier molecular flexibility index (Phi) is 2.35. The number of aromatic amines is 1. The fourth-order valence-electron chi connectivity index (χ4n) is 2.59. The van der Waals surface area contributed by atoms with Gasteiger partial charge in [-0.1, -0.05) is 12.1 Å². The molecular formula is C16H11N3O2. The molecule has 0 spiro atoms. The molecule has 0 saturated carbocycles. The molecule has 0 radical (unpaired) electrons. The largest absolute Gasteiger partial charge is 0.507 e. The third kappa shape index (κ3) is 1.71. The molecule has 0 saturated heterocycles. The summed E-state index contributed by atoms with van der Waals surface area (Å²) in [6.45, 7) is 0. The van der Waals surface area contributed by atoms with Gasteiger partial charge in [-0.15, -0.1) is 0 Å². The monoisotopic (exact) mass is 277 g/mol. The summed E-state index contributed by atoms with van der Waals surface area (Å²) in [5, 5.41) is 10.6. The van der Waals surface area contributed by atoms with Crippen LogP contribution in [0.3, 0.4) is 0 Å². The van der Waals surface area contributed by atoms with Gasteiger partial charge in [-0.05, 0) is 30.3 Å². The van der Waals surface area contributed by atoms with Gasteiger partial charge in [-0.3, -0.25) is 9.36 Å². The van der Waals surface area contributed by atoms with E-state index in [0.717, 1.165) is 16.7 Å². The van der Waals surface area contributed by atoms with E-state index in [2.05, 4.69) is 9.97 Å². The highest BCUT2D eigenvalue weighted by Gasteiger charge is 2.10. The second-order valence-electron chi connectivity index (χ2n) is 4.82. The maximum Gasteiger partial charge on any atom is 0.259 e. The highest BCUT2D eigenvalue weighted by molar-refractivity contribution is 5.87. The lowest BCUT2D eigenvalue weighted by Crippen LogP contribution is -2.17. The molecule has 0 amide bonds. The molecule has 5 nitrogen and oxygen atoms in total. The molecule has 2 N–H and O–H groups in total. The molecule has 0 aliphatic rings. The second-order valence-corrected chi connectivity index (χ2v) is 4.82.